The van der Waals surface area contributed by atoms with Crippen LogP contribution in [0.4, 0.5) is 4.79 Å². The number of benzene rings is 1. The molecule has 0 aliphatic carbocycles. The highest BCUT2D eigenvalue weighted by molar-refractivity contribution is 5.74. The Labute approximate surface area is 183 Å². The van der Waals surface area contributed by atoms with Crippen LogP contribution in [0.1, 0.15) is 48.4 Å². The summed E-state index contributed by atoms with van der Waals surface area (Å²) in [7, 11) is 0. The third kappa shape index (κ3) is 4.38. The standard InChI is InChI=1S/C24H30N4O3/c25-24(29)28-15-18-14-26-10-7-22(18)23(28)17-3-5-19(6-4-17)31-20-8-11-27(12-9-20)16-21-2-1-13-30-21/h3-7,10,14,20-21,23H,1-2,8-9,11-13,15-16H2,(H2,25,29). The number of amides is 2. The maximum Gasteiger partial charge on any atom is 0.315 e. The molecule has 2 fully saturated rings. The van der Waals surface area contributed by atoms with Crippen LogP contribution in [0, 0.1) is 0 Å². The van der Waals surface area contributed by atoms with Gasteiger partial charge in [0.1, 0.15) is 11.9 Å². The van der Waals surface area contributed by atoms with Crippen LogP contribution in [0.25, 0.3) is 0 Å². The first-order chi connectivity index (χ1) is 15.2. The van der Waals surface area contributed by atoms with Gasteiger partial charge >= 0.3 is 6.03 Å². The van der Waals surface area contributed by atoms with Crippen LogP contribution in [0.15, 0.2) is 42.7 Å². The summed E-state index contributed by atoms with van der Waals surface area (Å²) in [6, 6.07) is 9.47. The van der Waals surface area contributed by atoms with Gasteiger partial charge in [-0.15, -0.1) is 0 Å². The molecule has 2 saturated heterocycles. The minimum Gasteiger partial charge on any atom is -0.490 e. The third-order valence-corrected chi connectivity index (χ3v) is 6.69. The fourth-order valence-corrected chi connectivity index (χ4v) is 5.05. The number of pyridine rings is 1. The van der Waals surface area contributed by atoms with E-state index >= 15 is 0 Å². The molecular formula is C24H30N4O3. The number of hydrogen-bond donors (Lipinski definition) is 1. The minimum absolute atomic E-state index is 0.175. The van der Waals surface area contributed by atoms with Gasteiger partial charge in [0.2, 0.25) is 0 Å². The molecule has 2 aromatic rings. The van der Waals surface area contributed by atoms with Crippen LogP contribution in [0.3, 0.4) is 0 Å². The van der Waals surface area contributed by atoms with Crippen molar-refractivity contribution in [2.24, 2.45) is 5.73 Å². The lowest BCUT2D eigenvalue weighted by atomic mass is 9.99. The molecular weight excluding hydrogens is 392 g/mol. The number of primary amides is 1. The van der Waals surface area contributed by atoms with Gasteiger partial charge in [0.15, 0.2) is 0 Å². The fourth-order valence-electron chi connectivity index (χ4n) is 5.05. The predicted octanol–water partition coefficient (Wildman–Crippen LogP) is 3.09. The highest BCUT2D eigenvalue weighted by atomic mass is 16.5. The summed E-state index contributed by atoms with van der Waals surface area (Å²) in [6.07, 6.45) is 8.69. The Morgan fingerprint density at radius 2 is 1.97 bits per heavy atom. The van der Waals surface area contributed by atoms with Gasteiger partial charge in [0.05, 0.1) is 18.7 Å². The van der Waals surface area contributed by atoms with E-state index in [1.165, 1.54) is 12.8 Å². The van der Waals surface area contributed by atoms with E-state index in [1.807, 2.05) is 36.5 Å². The molecule has 0 spiro atoms. The Morgan fingerprint density at radius 3 is 2.68 bits per heavy atom. The van der Waals surface area contributed by atoms with Gasteiger partial charge < -0.3 is 25.0 Å². The van der Waals surface area contributed by atoms with Gasteiger partial charge in [-0.1, -0.05) is 12.1 Å². The Bertz CT molecular complexity index is 905. The van der Waals surface area contributed by atoms with E-state index in [-0.39, 0.29) is 12.1 Å². The summed E-state index contributed by atoms with van der Waals surface area (Å²) in [4.78, 5) is 20.4. The molecule has 7 nitrogen and oxygen atoms in total. The molecule has 0 radical (unpaired) electrons. The molecule has 164 valence electrons. The third-order valence-electron chi connectivity index (χ3n) is 6.69. The van der Waals surface area contributed by atoms with Crippen LogP contribution in [-0.2, 0) is 11.3 Å². The number of likely N-dealkylation sites (tertiary alicyclic amines) is 1. The topological polar surface area (TPSA) is 80.9 Å². The molecule has 3 aliphatic rings. The zero-order valence-electron chi connectivity index (χ0n) is 17.8. The number of fused-ring (bicyclic) bond motifs is 1. The molecule has 7 heteroatoms. The van der Waals surface area contributed by atoms with Gasteiger partial charge in [-0.3, -0.25) is 4.98 Å². The fraction of sp³-hybridized carbons (Fsp3) is 0.500. The number of carbonyl (C=O) groups is 1. The Hall–Kier alpha value is -2.64. The van der Waals surface area contributed by atoms with Crippen molar-refractivity contribution < 1.29 is 14.3 Å². The number of rotatable bonds is 5. The first-order valence-corrected chi connectivity index (χ1v) is 11.3. The highest BCUT2D eigenvalue weighted by Crippen LogP contribution is 2.38. The quantitative estimate of drug-likeness (QED) is 0.801. The second-order valence-electron chi connectivity index (χ2n) is 8.77. The Morgan fingerprint density at radius 1 is 1.16 bits per heavy atom. The summed E-state index contributed by atoms with van der Waals surface area (Å²) in [6.45, 7) is 4.58. The average Bonchev–Trinajstić information content (AvgIpc) is 3.43. The summed E-state index contributed by atoms with van der Waals surface area (Å²) in [5.41, 5.74) is 8.81. The van der Waals surface area contributed by atoms with Crippen molar-refractivity contribution in [2.75, 3.05) is 26.2 Å². The van der Waals surface area contributed by atoms with E-state index in [0.29, 0.717) is 12.6 Å². The maximum atomic E-state index is 12.0. The van der Waals surface area contributed by atoms with Gasteiger partial charge in [0.25, 0.3) is 0 Å². The summed E-state index contributed by atoms with van der Waals surface area (Å²) >= 11 is 0. The average molecular weight is 423 g/mol. The zero-order valence-corrected chi connectivity index (χ0v) is 17.8. The lowest BCUT2D eigenvalue weighted by Gasteiger charge is -2.33. The van der Waals surface area contributed by atoms with Crippen molar-refractivity contribution in [1.82, 2.24) is 14.8 Å². The van der Waals surface area contributed by atoms with Crippen LogP contribution in [0.5, 0.6) is 5.75 Å². The summed E-state index contributed by atoms with van der Waals surface area (Å²) < 4.78 is 12.0. The van der Waals surface area contributed by atoms with Crippen molar-refractivity contribution in [1.29, 1.82) is 0 Å². The predicted molar refractivity (Wildman–Crippen MR) is 117 cm³/mol. The molecule has 2 atom stereocenters. The van der Waals surface area contributed by atoms with Crippen molar-refractivity contribution in [3.8, 4) is 5.75 Å². The number of nitrogens with zero attached hydrogens (tertiary/aromatic N) is 3. The van der Waals surface area contributed by atoms with E-state index in [1.54, 1.807) is 11.1 Å². The largest absolute Gasteiger partial charge is 0.490 e. The van der Waals surface area contributed by atoms with Crippen LogP contribution < -0.4 is 10.5 Å². The number of ether oxygens (including phenoxy) is 2. The molecule has 0 saturated carbocycles. The van der Waals surface area contributed by atoms with E-state index in [0.717, 1.165) is 61.5 Å². The SMILES string of the molecule is NC(=O)N1Cc2cnccc2C1c1ccc(OC2CCN(CC3CCCO3)CC2)cc1. The van der Waals surface area contributed by atoms with Crippen LogP contribution in [-0.4, -0.2) is 59.3 Å². The first-order valence-electron chi connectivity index (χ1n) is 11.3. The van der Waals surface area contributed by atoms with Crippen molar-refractivity contribution in [3.05, 3.63) is 59.4 Å². The second-order valence-corrected chi connectivity index (χ2v) is 8.77. The smallest absolute Gasteiger partial charge is 0.315 e. The molecule has 1 aromatic carbocycles. The molecule has 1 aromatic heterocycles. The molecule has 2 amide bonds. The minimum atomic E-state index is -0.420. The van der Waals surface area contributed by atoms with Gasteiger partial charge in [-0.25, -0.2) is 4.79 Å². The van der Waals surface area contributed by atoms with E-state index in [2.05, 4.69) is 9.88 Å². The van der Waals surface area contributed by atoms with Crippen LogP contribution >= 0.6 is 0 Å². The van der Waals surface area contributed by atoms with Gasteiger partial charge in [-0.2, -0.15) is 0 Å². The number of nitrogens with two attached hydrogens (primary N) is 1. The van der Waals surface area contributed by atoms with E-state index in [9.17, 15) is 4.79 Å². The molecule has 0 bridgehead atoms. The maximum absolute atomic E-state index is 12.0. The molecule has 31 heavy (non-hydrogen) atoms. The molecule has 4 heterocycles. The van der Waals surface area contributed by atoms with Gasteiger partial charge in [0, 0.05) is 38.6 Å². The highest BCUT2D eigenvalue weighted by Gasteiger charge is 2.33. The summed E-state index contributed by atoms with van der Waals surface area (Å²) in [5, 5.41) is 0. The second kappa shape index (κ2) is 8.85. The number of piperidine rings is 1. The summed E-state index contributed by atoms with van der Waals surface area (Å²) in [5.74, 6) is 0.875. The van der Waals surface area contributed by atoms with E-state index < -0.39 is 6.03 Å². The Kier molecular flexibility index (Phi) is 5.78. The lowest BCUT2D eigenvalue weighted by molar-refractivity contribution is 0.0440. The molecule has 3 aliphatic heterocycles. The zero-order chi connectivity index (χ0) is 21.2. The number of urea groups is 1. The van der Waals surface area contributed by atoms with Gasteiger partial charge in [-0.05, 0) is 60.6 Å². The van der Waals surface area contributed by atoms with Crippen LogP contribution in [0.2, 0.25) is 0 Å². The van der Waals surface area contributed by atoms with E-state index in [4.69, 9.17) is 15.2 Å². The molecule has 2 unspecified atom stereocenters. The van der Waals surface area contributed by atoms with Crippen molar-refractivity contribution in [2.45, 2.75) is 50.5 Å². The monoisotopic (exact) mass is 422 g/mol. The number of aromatic nitrogens is 1. The molecule has 5 rings (SSSR count). The first kappa shape index (κ1) is 20.3. The van der Waals surface area contributed by atoms with Crippen molar-refractivity contribution in [3.63, 3.8) is 0 Å². The van der Waals surface area contributed by atoms with Crippen molar-refractivity contribution >= 4 is 6.03 Å². The Balaban J connectivity index is 1.20. The number of hydrogen-bond acceptors (Lipinski definition) is 5. The normalized spacial score (nSPS) is 24.3. The lowest BCUT2D eigenvalue weighted by Crippen LogP contribution is -2.41. The molecule has 2 N–H and O–H groups in total. The number of carbonyl (C=O) groups excluding carboxylic acids is 1.